The molecule has 1 heterocycles. The summed E-state index contributed by atoms with van der Waals surface area (Å²) in [5, 5.41) is 0.921. The highest BCUT2D eigenvalue weighted by atomic mass is 32.2. The average Bonchev–Trinajstić information content (AvgIpc) is 2.44. The molecule has 0 bridgehead atoms. The number of hydrogen-bond donors (Lipinski definition) is 0. The van der Waals surface area contributed by atoms with E-state index in [9.17, 15) is 0 Å². The van der Waals surface area contributed by atoms with Crippen LogP contribution in [-0.4, -0.2) is 26.6 Å². The fraction of sp³-hybridized carbons (Fsp3) is 0.444. The molecule has 25 heavy (non-hydrogen) atoms. The van der Waals surface area contributed by atoms with E-state index >= 15 is 0 Å². The molecule has 0 aliphatic heterocycles. The third-order valence-corrected chi connectivity index (χ3v) is 5.66. The third-order valence-electron chi connectivity index (χ3n) is 3.02. The van der Waals surface area contributed by atoms with Crippen molar-refractivity contribution in [2.45, 2.75) is 62.5 Å². The molecule has 7 heteroatoms. The van der Waals surface area contributed by atoms with Gasteiger partial charge in [-0.05, 0) is 57.8 Å². The molecule has 0 aliphatic rings. The van der Waals surface area contributed by atoms with Gasteiger partial charge in [0.1, 0.15) is 5.03 Å². The molecule has 0 atom stereocenters. The summed E-state index contributed by atoms with van der Waals surface area (Å²) in [6.07, 6.45) is 0.822. The summed E-state index contributed by atoms with van der Waals surface area (Å²) in [7, 11) is -3.59. The van der Waals surface area contributed by atoms with E-state index in [1.807, 2.05) is 18.2 Å². The lowest BCUT2D eigenvalue weighted by Crippen LogP contribution is -2.32. The Kier molecular flexibility index (Phi) is 6.34. The van der Waals surface area contributed by atoms with Crippen LogP contribution >= 0.6 is 11.8 Å². The Balaban J connectivity index is 2.50. The van der Waals surface area contributed by atoms with Gasteiger partial charge in [0.25, 0.3) is 0 Å². The molecule has 0 saturated carbocycles. The Bertz CT molecular complexity index is 713. The molecule has 2 aromatic rings. The van der Waals surface area contributed by atoms with Crippen molar-refractivity contribution in [3.63, 3.8) is 0 Å². The summed E-state index contributed by atoms with van der Waals surface area (Å²) < 4.78 is 12.3. The van der Waals surface area contributed by atoms with Crippen LogP contribution in [-0.2, 0) is 6.42 Å². The van der Waals surface area contributed by atoms with Crippen molar-refractivity contribution in [2.75, 3.05) is 0 Å². The van der Waals surface area contributed by atoms with Crippen LogP contribution in [0.2, 0.25) is 39.3 Å². The van der Waals surface area contributed by atoms with Crippen LogP contribution in [0, 0.1) is 0 Å². The van der Waals surface area contributed by atoms with Crippen LogP contribution in [0.5, 0.6) is 11.9 Å². The molecule has 0 fully saturated rings. The number of aromatic nitrogens is 2. The second-order valence-corrected chi connectivity index (χ2v) is 17.7. The molecule has 2 rings (SSSR count). The van der Waals surface area contributed by atoms with Crippen molar-refractivity contribution in [1.82, 2.24) is 9.97 Å². The molecule has 4 nitrogen and oxygen atoms in total. The van der Waals surface area contributed by atoms with Crippen LogP contribution in [0.1, 0.15) is 12.5 Å². The molecular formula is C18H28N2O2SSi2. The van der Waals surface area contributed by atoms with Gasteiger partial charge in [0, 0.05) is 10.5 Å². The van der Waals surface area contributed by atoms with Crippen molar-refractivity contribution < 1.29 is 8.85 Å². The van der Waals surface area contributed by atoms with Crippen LogP contribution in [0.4, 0.5) is 0 Å². The van der Waals surface area contributed by atoms with Gasteiger partial charge in [0.2, 0.25) is 22.5 Å². The van der Waals surface area contributed by atoms with Gasteiger partial charge in [0.15, 0.2) is 0 Å². The molecule has 0 spiro atoms. The van der Waals surface area contributed by atoms with Crippen molar-refractivity contribution in [3.05, 3.63) is 35.9 Å². The highest BCUT2D eigenvalue weighted by Crippen LogP contribution is 2.35. The van der Waals surface area contributed by atoms with Crippen LogP contribution in [0.3, 0.4) is 0 Å². The minimum atomic E-state index is -1.80. The smallest absolute Gasteiger partial charge is 0.306 e. The first-order chi connectivity index (χ1) is 11.6. The zero-order valence-electron chi connectivity index (χ0n) is 16.2. The molecule has 0 saturated heterocycles. The van der Waals surface area contributed by atoms with Gasteiger partial charge < -0.3 is 8.85 Å². The maximum absolute atomic E-state index is 6.27. The first-order valence-electron chi connectivity index (χ1n) is 8.59. The van der Waals surface area contributed by atoms with E-state index in [-0.39, 0.29) is 0 Å². The van der Waals surface area contributed by atoms with Crippen molar-refractivity contribution >= 4 is 28.4 Å². The minimum absolute atomic E-state index is 0.433. The number of nitrogens with zero attached hydrogens (tertiary/aromatic N) is 2. The summed E-state index contributed by atoms with van der Waals surface area (Å²) in [4.78, 5) is 10.5. The van der Waals surface area contributed by atoms with Gasteiger partial charge in [-0.1, -0.05) is 36.9 Å². The zero-order valence-corrected chi connectivity index (χ0v) is 19.0. The molecular weight excluding hydrogens is 364 g/mol. The topological polar surface area (TPSA) is 44.2 Å². The average molecular weight is 393 g/mol. The van der Waals surface area contributed by atoms with E-state index in [2.05, 4.69) is 63.3 Å². The SMILES string of the molecule is CCc1c(O[Si](C)(C)C)nc(O[Si](C)(C)C)nc1Sc1ccccc1. The van der Waals surface area contributed by atoms with E-state index in [1.165, 1.54) is 0 Å². The molecule has 0 radical (unpaired) electrons. The summed E-state index contributed by atoms with van der Waals surface area (Å²) in [6.45, 7) is 15.0. The lowest BCUT2D eigenvalue weighted by molar-refractivity contribution is 0.462. The van der Waals surface area contributed by atoms with E-state index in [4.69, 9.17) is 13.8 Å². The number of benzene rings is 1. The summed E-state index contributed by atoms with van der Waals surface area (Å²) in [6, 6.07) is 10.7. The van der Waals surface area contributed by atoms with Gasteiger partial charge >= 0.3 is 6.01 Å². The fourth-order valence-corrected chi connectivity index (χ4v) is 4.49. The van der Waals surface area contributed by atoms with E-state index in [0.717, 1.165) is 21.9 Å². The normalized spacial score (nSPS) is 12.1. The standard InChI is InChI=1S/C18H28N2O2SSi2/c1-8-15-16(21-24(2,3)4)19-18(22-25(5,6)7)20-17(15)23-14-12-10-9-11-13-14/h9-13H,8H2,1-7H3. The maximum Gasteiger partial charge on any atom is 0.306 e. The molecule has 0 N–H and O–H groups in total. The second-order valence-electron chi connectivity index (χ2n) is 7.79. The van der Waals surface area contributed by atoms with Gasteiger partial charge in [-0.15, -0.1) is 0 Å². The maximum atomic E-state index is 6.27. The van der Waals surface area contributed by atoms with Gasteiger partial charge in [0.05, 0.1) is 0 Å². The Morgan fingerprint density at radius 3 is 2.00 bits per heavy atom. The molecule has 136 valence electrons. The highest BCUT2D eigenvalue weighted by molar-refractivity contribution is 7.99. The van der Waals surface area contributed by atoms with Crippen LogP contribution in [0.15, 0.2) is 40.3 Å². The predicted molar refractivity (Wildman–Crippen MR) is 110 cm³/mol. The van der Waals surface area contributed by atoms with Crippen LogP contribution < -0.4 is 8.85 Å². The lowest BCUT2D eigenvalue weighted by Gasteiger charge is -2.24. The first kappa shape index (κ1) is 20.0. The summed E-state index contributed by atoms with van der Waals surface area (Å²) >= 11 is 1.64. The summed E-state index contributed by atoms with van der Waals surface area (Å²) in [5.74, 6) is 0.684. The predicted octanol–water partition coefficient (Wildman–Crippen LogP) is 5.62. The molecule has 1 aromatic heterocycles. The third kappa shape index (κ3) is 6.49. The van der Waals surface area contributed by atoms with Crippen LogP contribution in [0.25, 0.3) is 0 Å². The Labute approximate surface area is 157 Å². The molecule has 0 unspecified atom stereocenters. The Hall–Kier alpha value is -1.32. The monoisotopic (exact) mass is 392 g/mol. The summed E-state index contributed by atoms with van der Waals surface area (Å²) in [5.41, 5.74) is 1.05. The molecule has 1 aromatic carbocycles. The largest absolute Gasteiger partial charge is 0.531 e. The van der Waals surface area contributed by atoms with Crippen molar-refractivity contribution in [3.8, 4) is 11.9 Å². The van der Waals surface area contributed by atoms with Crippen molar-refractivity contribution in [1.29, 1.82) is 0 Å². The number of rotatable bonds is 7. The van der Waals surface area contributed by atoms with Gasteiger partial charge in [-0.2, -0.15) is 9.97 Å². The van der Waals surface area contributed by atoms with E-state index in [0.29, 0.717) is 11.9 Å². The Morgan fingerprint density at radius 1 is 0.880 bits per heavy atom. The number of hydrogen-bond acceptors (Lipinski definition) is 5. The van der Waals surface area contributed by atoms with Crippen molar-refractivity contribution in [2.24, 2.45) is 0 Å². The fourth-order valence-electron chi connectivity index (χ4n) is 2.11. The quantitative estimate of drug-likeness (QED) is 0.452. The first-order valence-corrected chi connectivity index (χ1v) is 16.2. The lowest BCUT2D eigenvalue weighted by atomic mass is 10.2. The molecule has 0 aliphatic carbocycles. The van der Waals surface area contributed by atoms with E-state index in [1.54, 1.807) is 11.8 Å². The zero-order chi connectivity index (χ0) is 18.7. The van der Waals surface area contributed by atoms with Gasteiger partial charge in [-0.25, -0.2) is 0 Å². The minimum Gasteiger partial charge on any atom is -0.531 e. The van der Waals surface area contributed by atoms with Gasteiger partial charge in [-0.3, -0.25) is 0 Å². The van der Waals surface area contributed by atoms with E-state index < -0.39 is 16.6 Å². The Morgan fingerprint density at radius 2 is 1.48 bits per heavy atom. The highest BCUT2D eigenvalue weighted by Gasteiger charge is 2.25. The second kappa shape index (κ2) is 7.93. The molecule has 0 amide bonds.